The number of carbonyl (C=O) groups is 2. The Bertz CT molecular complexity index is 522. The summed E-state index contributed by atoms with van der Waals surface area (Å²) in [5.41, 5.74) is 0.575. The van der Waals surface area contributed by atoms with Crippen molar-refractivity contribution in [3.05, 3.63) is 42.5 Å². The molecule has 0 spiro atoms. The van der Waals surface area contributed by atoms with Gasteiger partial charge in [0.05, 0.1) is 23.6 Å². The number of nitrogens with zero attached hydrogens (tertiary/aromatic N) is 1. The number of rotatable bonds is 1. The molecule has 1 aliphatic carbocycles. The third-order valence-electron chi connectivity index (χ3n) is 3.96. The summed E-state index contributed by atoms with van der Waals surface area (Å²) in [6.07, 6.45) is 2.56. The Kier molecular flexibility index (Phi) is 2.75. The first-order chi connectivity index (χ1) is 9.11. The molecule has 1 aromatic carbocycles. The molecule has 0 saturated carbocycles. The Balaban J connectivity index is 2.03. The van der Waals surface area contributed by atoms with Gasteiger partial charge in [-0.2, -0.15) is 0 Å². The van der Waals surface area contributed by atoms with Crippen molar-refractivity contribution < 1.29 is 14.7 Å². The maximum atomic E-state index is 12.5. The second kappa shape index (κ2) is 4.31. The van der Waals surface area contributed by atoms with Crippen molar-refractivity contribution in [2.75, 3.05) is 4.90 Å². The Morgan fingerprint density at radius 1 is 1.00 bits per heavy atom. The van der Waals surface area contributed by atoms with Gasteiger partial charge in [0, 0.05) is 0 Å². The first kappa shape index (κ1) is 12.1. The molecule has 0 radical (unpaired) electrons. The standard InChI is InChI=1S/C15H15NO3/c1-9-7-8-11(17)13-12(9)14(18)16(15(13)19)10-5-3-2-4-6-10/h2-9,11-13,17H,1H3. The molecule has 1 aromatic rings. The second-order valence-corrected chi connectivity index (χ2v) is 5.13. The summed E-state index contributed by atoms with van der Waals surface area (Å²) in [5, 5.41) is 9.96. The van der Waals surface area contributed by atoms with Crippen LogP contribution >= 0.6 is 0 Å². The maximum absolute atomic E-state index is 12.5. The van der Waals surface area contributed by atoms with Crippen molar-refractivity contribution in [3.8, 4) is 0 Å². The normalized spacial score (nSPS) is 33.7. The number of imide groups is 1. The van der Waals surface area contributed by atoms with Crippen molar-refractivity contribution in [3.63, 3.8) is 0 Å². The Labute approximate surface area is 111 Å². The Morgan fingerprint density at radius 3 is 2.26 bits per heavy atom. The van der Waals surface area contributed by atoms with Gasteiger partial charge >= 0.3 is 0 Å². The van der Waals surface area contributed by atoms with Crippen LogP contribution in [0.3, 0.4) is 0 Å². The Morgan fingerprint density at radius 2 is 1.63 bits per heavy atom. The lowest BCUT2D eigenvalue weighted by Gasteiger charge is -2.26. The fourth-order valence-electron chi connectivity index (χ4n) is 2.98. The molecule has 3 rings (SSSR count). The van der Waals surface area contributed by atoms with Crippen molar-refractivity contribution in [1.29, 1.82) is 0 Å². The highest BCUT2D eigenvalue weighted by molar-refractivity contribution is 6.22. The summed E-state index contributed by atoms with van der Waals surface area (Å²) in [6.45, 7) is 1.90. The number of hydrogen-bond acceptors (Lipinski definition) is 3. The molecular formula is C15H15NO3. The van der Waals surface area contributed by atoms with Crippen LogP contribution in [0.1, 0.15) is 6.92 Å². The molecule has 4 nitrogen and oxygen atoms in total. The van der Waals surface area contributed by atoms with Crippen LogP contribution in [0.5, 0.6) is 0 Å². The van der Waals surface area contributed by atoms with Crippen molar-refractivity contribution in [2.45, 2.75) is 13.0 Å². The van der Waals surface area contributed by atoms with Gasteiger partial charge in [0.1, 0.15) is 0 Å². The number of aliphatic hydroxyl groups excluding tert-OH is 1. The zero-order valence-electron chi connectivity index (χ0n) is 10.6. The number of benzene rings is 1. The van der Waals surface area contributed by atoms with Gasteiger partial charge in [0.15, 0.2) is 0 Å². The lowest BCUT2D eigenvalue weighted by atomic mass is 9.77. The van der Waals surface area contributed by atoms with Gasteiger partial charge < -0.3 is 5.11 Å². The molecule has 4 heteroatoms. The number of carbonyl (C=O) groups excluding carboxylic acids is 2. The molecule has 4 unspecified atom stereocenters. The molecule has 4 atom stereocenters. The number of hydrogen-bond donors (Lipinski definition) is 1. The minimum Gasteiger partial charge on any atom is -0.388 e. The van der Waals surface area contributed by atoms with Crippen LogP contribution in [-0.4, -0.2) is 23.0 Å². The van der Waals surface area contributed by atoms with Gasteiger partial charge in [-0.15, -0.1) is 0 Å². The largest absolute Gasteiger partial charge is 0.388 e. The number of para-hydroxylation sites is 1. The third kappa shape index (κ3) is 1.71. The predicted octanol–water partition coefficient (Wildman–Crippen LogP) is 1.36. The molecule has 1 aliphatic heterocycles. The predicted molar refractivity (Wildman–Crippen MR) is 70.2 cm³/mol. The van der Waals surface area contributed by atoms with Crippen LogP contribution < -0.4 is 4.90 Å². The van der Waals surface area contributed by atoms with E-state index in [1.807, 2.05) is 19.1 Å². The number of anilines is 1. The Hall–Kier alpha value is -1.94. The average molecular weight is 257 g/mol. The molecule has 1 N–H and O–H groups in total. The van der Waals surface area contributed by atoms with Crippen LogP contribution in [0, 0.1) is 17.8 Å². The van der Waals surface area contributed by atoms with E-state index >= 15 is 0 Å². The van der Waals surface area contributed by atoms with E-state index in [0.717, 1.165) is 0 Å². The zero-order chi connectivity index (χ0) is 13.6. The summed E-state index contributed by atoms with van der Waals surface area (Å²) < 4.78 is 0. The number of amides is 2. The van der Waals surface area contributed by atoms with Gasteiger partial charge in [-0.05, 0) is 18.1 Å². The van der Waals surface area contributed by atoms with Gasteiger partial charge in [0.2, 0.25) is 11.8 Å². The average Bonchev–Trinajstić information content (AvgIpc) is 2.68. The molecule has 0 bridgehead atoms. The summed E-state index contributed by atoms with van der Waals surface area (Å²) in [5.74, 6) is -1.64. The molecule has 19 heavy (non-hydrogen) atoms. The molecule has 98 valence electrons. The molecule has 1 heterocycles. The first-order valence-corrected chi connectivity index (χ1v) is 6.40. The number of allylic oxidation sites excluding steroid dienone is 1. The summed E-state index contributed by atoms with van der Waals surface area (Å²) in [7, 11) is 0. The number of fused-ring (bicyclic) bond motifs is 1. The lowest BCUT2D eigenvalue weighted by Crippen LogP contribution is -2.35. The summed E-state index contributed by atoms with van der Waals surface area (Å²) in [4.78, 5) is 26.1. The zero-order valence-corrected chi connectivity index (χ0v) is 10.6. The van der Waals surface area contributed by atoms with Crippen LogP contribution in [0.25, 0.3) is 0 Å². The topological polar surface area (TPSA) is 57.6 Å². The summed E-state index contributed by atoms with van der Waals surface area (Å²) in [6, 6.07) is 8.88. The van der Waals surface area contributed by atoms with Crippen LogP contribution in [0.2, 0.25) is 0 Å². The van der Waals surface area contributed by atoms with Gasteiger partial charge in [-0.1, -0.05) is 37.3 Å². The third-order valence-corrected chi connectivity index (χ3v) is 3.96. The second-order valence-electron chi connectivity index (χ2n) is 5.13. The van der Waals surface area contributed by atoms with Gasteiger partial charge in [0.25, 0.3) is 0 Å². The fraction of sp³-hybridized carbons (Fsp3) is 0.333. The van der Waals surface area contributed by atoms with E-state index in [-0.39, 0.29) is 17.7 Å². The quantitative estimate of drug-likeness (QED) is 0.610. The molecule has 2 amide bonds. The minimum atomic E-state index is -0.869. The lowest BCUT2D eigenvalue weighted by molar-refractivity contribution is -0.124. The monoisotopic (exact) mass is 257 g/mol. The summed E-state index contributed by atoms with van der Waals surface area (Å²) >= 11 is 0. The van der Waals surface area contributed by atoms with Crippen LogP contribution in [0.4, 0.5) is 5.69 Å². The van der Waals surface area contributed by atoms with E-state index in [1.165, 1.54) is 4.90 Å². The van der Waals surface area contributed by atoms with Crippen molar-refractivity contribution in [1.82, 2.24) is 0 Å². The van der Waals surface area contributed by atoms with Gasteiger partial charge in [-0.3, -0.25) is 9.59 Å². The van der Waals surface area contributed by atoms with E-state index in [1.54, 1.807) is 30.3 Å². The highest BCUT2D eigenvalue weighted by atomic mass is 16.3. The highest BCUT2D eigenvalue weighted by Crippen LogP contribution is 2.40. The first-order valence-electron chi connectivity index (χ1n) is 6.40. The molecular weight excluding hydrogens is 242 g/mol. The maximum Gasteiger partial charge on any atom is 0.240 e. The molecule has 2 aliphatic rings. The smallest absolute Gasteiger partial charge is 0.240 e. The van der Waals surface area contributed by atoms with Crippen molar-refractivity contribution >= 4 is 17.5 Å². The van der Waals surface area contributed by atoms with Gasteiger partial charge in [-0.25, -0.2) is 4.90 Å². The molecule has 1 saturated heterocycles. The minimum absolute atomic E-state index is 0.0291. The van der Waals surface area contributed by atoms with E-state index in [0.29, 0.717) is 5.69 Å². The van der Waals surface area contributed by atoms with Crippen LogP contribution in [-0.2, 0) is 9.59 Å². The van der Waals surface area contributed by atoms with Crippen LogP contribution in [0.15, 0.2) is 42.5 Å². The van der Waals surface area contributed by atoms with E-state index in [4.69, 9.17) is 0 Å². The van der Waals surface area contributed by atoms with Crippen molar-refractivity contribution in [2.24, 2.45) is 17.8 Å². The SMILES string of the molecule is CC1C=CC(O)C2C(=O)N(c3ccccc3)C(=O)C12. The number of aliphatic hydroxyl groups is 1. The fourth-order valence-corrected chi connectivity index (χ4v) is 2.98. The molecule has 0 aromatic heterocycles. The van der Waals surface area contributed by atoms with E-state index in [2.05, 4.69) is 0 Å². The van der Waals surface area contributed by atoms with E-state index in [9.17, 15) is 14.7 Å². The highest BCUT2D eigenvalue weighted by Gasteiger charge is 2.53. The molecule has 1 fully saturated rings. The van der Waals surface area contributed by atoms with E-state index < -0.39 is 17.9 Å².